The normalized spacial score (nSPS) is 11.5. The maximum absolute atomic E-state index is 6.14. The number of fused-ring (bicyclic) bond motifs is 2. The number of hydrogen-bond acceptors (Lipinski definition) is 3. The summed E-state index contributed by atoms with van der Waals surface area (Å²) in [4.78, 5) is 9.29. The number of nitrogens with zero attached hydrogens (tertiary/aromatic N) is 4. The van der Waals surface area contributed by atoms with Crippen molar-refractivity contribution in [3.63, 3.8) is 0 Å². The molecule has 1 N–H and O–H groups in total. The molecule has 0 atom stereocenters. The van der Waals surface area contributed by atoms with E-state index in [0.717, 1.165) is 44.9 Å². The highest BCUT2D eigenvalue weighted by Crippen LogP contribution is 2.27. The standard InChI is InChI=1S/C20H14ClN5/c1-12-15-9-13(5-7-17(15)25-24-12)16-3-2-4-18(23-16)19-10-22-20-8-6-14(21)11-26(19)20/h2-11H,1H3,(H,24,25). The Balaban J connectivity index is 1.65. The summed E-state index contributed by atoms with van der Waals surface area (Å²) in [6, 6.07) is 15.9. The van der Waals surface area contributed by atoms with Crippen LogP contribution in [0.3, 0.4) is 0 Å². The highest BCUT2D eigenvalue weighted by Gasteiger charge is 2.10. The molecule has 5 aromatic rings. The van der Waals surface area contributed by atoms with Crippen molar-refractivity contribution in [1.29, 1.82) is 0 Å². The Morgan fingerprint density at radius 2 is 1.92 bits per heavy atom. The zero-order chi connectivity index (χ0) is 17.7. The molecule has 0 amide bonds. The summed E-state index contributed by atoms with van der Waals surface area (Å²) in [7, 11) is 0. The van der Waals surface area contributed by atoms with Crippen molar-refractivity contribution in [2.24, 2.45) is 0 Å². The predicted octanol–water partition coefficient (Wildman–Crippen LogP) is 4.90. The van der Waals surface area contributed by atoms with E-state index in [1.807, 2.05) is 66.2 Å². The summed E-state index contributed by atoms with van der Waals surface area (Å²) < 4.78 is 1.96. The molecule has 0 radical (unpaired) electrons. The van der Waals surface area contributed by atoms with E-state index < -0.39 is 0 Å². The van der Waals surface area contributed by atoms with Crippen molar-refractivity contribution >= 4 is 28.2 Å². The molecular weight excluding hydrogens is 346 g/mol. The smallest absolute Gasteiger partial charge is 0.137 e. The van der Waals surface area contributed by atoms with Gasteiger partial charge in [-0.2, -0.15) is 5.10 Å². The first kappa shape index (κ1) is 15.1. The summed E-state index contributed by atoms with van der Waals surface area (Å²) in [5.41, 5.74) is 6.56. The maximum atomic E-state index is 6.14. The molecule has 0 saturated carbocycles. The molecular formula is C20H14ClN5. The van der Waals surface area contributed by atoms with Gasteiger partial charge >= 0.3 is 0 Å². The van der Waals surface area contributed by atoms with Crippen LogP contribution in [0, 0.1) is 6.92 Å². The first-order valence-corrected chi connectivity index (χ1v) is 8.62. The van der Waals surface area contributed by atoms with Gasteiger partial charge in [-0.1, -0.05) is 23.7 Å². The number of halogens is 1. The SMILES string of the molecule is Cc1[nH]nc2ccc(-c3cccc(-c4cnc5ccc(Cl)cn45)n3)cc12. The third-order valence-electron chi connectivity index (χ3n) is 4.52. The molecule has 0 spiro atoms. The second-order valence-electron chi connectivity index (χ2n) is 6.21. The number of aromatic nitrogens is 5. The molecule has 5 rings (SSSR count). The van der Waals surface area contributed by atoms with Crippen LogP contribution in [-0.4, -0.2) is 24.6 Å². The van der Waals surface area contributed by atoms with Crippen molar-refractivity contribution in [2.45, 2.75) is 6.92 Å². The van der Waals surface area contributed by atoms with Gasteiger partial charge in [-0.05, 0) is 43.3 Å². The minimum atomic E-state index is 0.661. The lowest BCUT2D eigenvalue weighted by atomic mass is 10.1. The van der Waals surface area contributed by atoms with E-state index in [-0.39, 0.29) is 0 Å². The van der Waals surface area contributed by atoms with Crippen molar-refractivity contribution in [2.75, 3.05) is 0 Å². The fraction of sp³-hybridized carbons (Fsp3) is 0.0500. The average Bonchev–Trinajstić information content (AvgIpc) is 3.25. The molecule has 0 aliphatic rings. The van der Waals surface area contributed by atoms with Crippen molar-refractivity contribution in [3.8, 4) is 22.6 Å². The zero-order valence-electron chi connectivity index (χ0n) is 13.9. The molecule has 0 aliphatic heterocycles. The van der Waals surface area contributed by atoms with Gasteiger partial charge in [0.1, 0.15) is 5.65 Å². The topological polar surface area (TPSA) is 58.9 Å². The van der Waals surface area contributed by atoms with Gasteiger partial charge in [0.05, 0.1) is 33.8 Å². The zero-order valence-corrected chi connectivity index (χ0v) is 14.7. The molecule has 26 heavy (non-hydrogen) atoms. The van der Waals surface area contributed by atoms with E-state index in [1.165, 1.54) is 0 Å². The first-order valence-electron chi connectivity index (χ1n) is 8.24. The molecule has 4 heterocycles. The number of benzene rings is 1. The fourth-order valence-corrected chi connectivity index (χ4v) is 3.34. The monoisotopic (exact) mass is 359 g/mol. The molecule has 4 aromatic heterocycles. The largest absolute Gasteiger partial charge is 0.297 e. The average molecular weight is 360 g/mol. The van der Waals surface area contributed by atoms with Crippen LogP contribution in [0.25, 0.3) is 39.2 Å². The van der Waals surface area contributed by atoms with E-state index in [4.69, 9.17) is 16.6 Å². The molecule has 0 saturated heterocycles. The lowest BCUT2D eigenvalue weighted by molar-refractivity contribution is 1.07. The second-order valence-corrected chi connectivity index (χ2v) is 6.64. The number of H-pyrrole nitrogens is 1. The quantitative estimate of drug-likeness (QED) is 0.487. The van der Waals surface area contributed by atoms with Crippen LogP contribution >= 0.6 is 11.6 Å². The summed E-state index contributed by atoms with van der Waals surface area (Å²) in [6.45, 7) is 2.02. The highest BCUT2D eigenvalue weighted by atomic mass is 35.5. The molecule has 6 heteroatoms. The number of imidazole rings is 1. The Morgan fingerprint density at radius 3 is 2.85 bits per heavy atom. The number of hydrogen-bond donors (Lipinski definition) is 1. The van der Waals surface area contributed by atoms with Gasteiger partial charge in [-0.15, -0.1) is 0 Å². The molecule has 0 bridgehead atoms. The van der Waals surface area contributed by atoms with Crippen LogP contribution in [0.5, 0.6) is 0 Å². The summed E-state index contributed by atoms with van der Waals surface area (Å²) >= 11 is 6.14. The van der Waals surface area contributed by atoms with Crippen LogP contribution < -0.4 is 0 Å². The number of rotatable bonds is 2. The summed E-state index contributed by atoms with van der Waals surface area (Å²) in [6.07, 6.45) is 3.68. The lowest BCUT2D eigenvalue weighted by Crippen LogP contribution is -1.92. The lowest BCUT2D eigenvalue weighted by Gasteiger charge is -2.06. The van der Waals surface area contributed by atoms with E-state index >= 15 is 0 Å². The number of aryl methyl sites for hydroxylation is 1. The van der Waals surface area contributed by atoms with Crippen molar-refractivity contribution in [3.05, 3.63) is 71.6 Å². The third-order valence-corrected chi connectivity index (χ3v) is 4.75. The van der Waals surface area contributed by atoms with Gasteiger partial charge in [0.15, 0.2) is 0 Å². The van der Waals surface area contributed by atoms with Crippen LogP contribution in [-0.2, 0) is 0 Å². The highest BCUT2D eigenvalue weighted by molar-refractivity contribution is 6.30. The van der Waals surface area contributed by atoms with Crippen LogP contribution in [0.15, 0.2) is 60.9 Å². The van der Waals surface area contributed by atoms with Gasteiger partial charge < -0.3 is 0 Å². The van der Waals surface area contributed by atoms with Gasteiger partial charge in [0, 0.05) is 22.8 Å². The fourth-order valence-electron chi connectivity index (χ4n) is 3.18. The van der Waals surface area contributed by atoms with Gasteiger partial charge in [-0.25, -0.2) is 9.97 Å². The van der Waals surface area contributed by atoms with Gasteiger partial charge in [-0.3, -0.25) is 9.50 Å². The van der Waals surface area contributed by atoms with Gasteiger partial charge in [0.25, 0.3) is 0 Å². The number of aromatic amines is 1. The van der Waals surface area contributed by atoms with Crippen LogP contribution in [0.4, 0.5) is 0 Å². The summed E-state index contributed by atoms with van der Waals surface area (Å²) in [5.74, 6) is 0. The van der Waals surface area contributed by atoms with E-state index in [9.17, 15) is 0 Å². The molecule has 1 aromatic carbocycles. The second kappa shape index (κ2) is 5.68. The van der Waals surface area contributed by atoms with E-state index in [1.54, 1.807) is 0 Å². The third kappa shape index (κ3) is 2.36. The Labute approximate surface area is 154 Å². The minimum Gasteiger partial charge on any atom is -0.297 e. The molecule has 5 nitrogen and oxygen atoms in total. The van der Waals surface area contributed by atoms with Crippen molar-refractivity contribution in [1.82, 2.24) is 24.6 Å². The number of nitrogens with one attached hydrogen (secondary N) is 1. The van der Waals surface area contributed by atoms with Crippen LogP contribution in [0.1, 0.15) is 5.69 Å². The van der Waals surface area contributed by atoms with E-state index in [2.05, 4.69) is 21.2 Å². The molecule has 0 fully saturated rings. The predicted molar refractivity (Wildman–Crippen MR) is 103 cm³/mol. The first-order chi connectivity index (χ1) is 12.7. The Bertz CT molecular complexity index is 1270. The number of pyridine rings is 2. The molecule has 0 aliphatic carbocycles. The Morgan fingerprint density at radius 1 is 1.04 bits per heavy atom. The molecule has 0 unspecified atom stereocenters. The Hall–Kier alpha value is -3.18. The maximum Gasteiger partial charge on any atom is 0.137 e. The summed E-state index contributed by atoms with van der Waals surface area (Å²) in [5, 5.41) is 9.07. The van der Waals surface area contributed by atoms with E-state index in [0.29, 0.717) is 5.02 Å². The molecule has 126 valence electrons. The van der Waals surface area contributed by atoms with Gasteiger partial charge in [0.2, 0.25) is 0 Å². The minimum absolute atomic E-state index is 0.661. The van der Waals surface area contributed by atoms with Crippen LogP contribution in [0.2, 0.25) is 5.02 Å². The van der Waals surface area contributed by atoms with Crippen molar-refractivity contribution < 1.29 is 0 Å². The Kier molecular flexibility index (Phi) is 3.30.